The molecule has 2 rings (SSSR count). The average molecular weight is 439 g/mol. The highest BCUT2D eigenvalue weighted by molar-refractivity contribution is 6.30. The summed E-state index contributed by atoms with van der Waals surface area (Å²) < 4.78 is 118. The second-order valence-electron chi connectivity index (χ2n) is 6.34. The van der Waals surface area contributed by atoms with Gasteiger partial charge in [0.05, 0.1) is 5.92 Å². The summed E-state index contributed by atoms with van der Waals surface area (Å²) in [5, 5.41) is 0.322. The molecule has 1 aromatic carbocycles. The maximum absolute atomic E-state index is 14.1. The van der Waals surface area contributed by atoms with Gasteiger partial charge in [-0.1, -0.05) is 23.7 Å². The third kappa shape index (κ3) is 3.40. The average Bonchev–Trinajstić information content (AvgIpc) is 2.56. The van der Waals surface area contributed by atoms with E-state index in [-0.39, 0.29) is 5.57 Å². The minimum atomic E-state index is -7.02. The van der Waals surface area contributed by atoms with Gasteiger partial charge in [0, 0.05) is 5.02 Å². The zero-order valence-corrected chi connectivity index (χ0v) is 14.7. The zero-order valence-electron chi connectivity index (χ0n) is 14.0. The molecule has 0 saturated carbocycles. The van der Waals surface area contributed by atoms with Gasteiger partial charge in [-0.15, -0.1) is 0 Å². The Kier molecular flexibility index (Phi) is 5.62. The van der Waals surface area contributed by atoms with Crippen molar-refractivity contribution in [2.24, 2.45) is 5.92 Å². The lowest BCUT2D eigenvalue weighted by Crippen LogP contribution is -2.64. The molecule has 0 amide bonds. The van der Waals surface area contributed by atoms with Gasteiger partial charge < -0.3 is 0 Å². The van der Waals surface area contributed by atoms with E-state index >= 15 is 0 Å². The summed E-state index contributed by atoms with van der Waals surface area (Å²) in [6.45, 7) is 1.02. The molecule has 0 bridgehead atoms. The number of allylic oxidation sites excluding steroid dienone is 2. The first-order chi connectivity index (χ1) is 12.6. The van der Waals surface area contributed by atoms with Crippen LogP contribution in [-0.4, -0.2) is 29.7 Å². The van der Waals surface area contributed by atoms with Gasteiger partial charge in [-0.3, -0.25) is 4.79 Å². The van der Waals surface area contributed by atoms with Crippen molar-refractivity contribution in [3.05, 3.63) is 40.4 Å². The summed E-state index contributed by atoms with van der Waals surface area (Å²) in [5.74, 6) is -24.4. The predicted molar refractivity (Wildman–Crippen MR) is 82.7 cm³/mol. The van der Waals surface area contributed by atoms with Crippen LogP contribution in [0.4, 0.5) is 39.5 Å². The highest BCUT2D eigenvalue weighted by Crippen LogP contribution is 2.57. The Balaban J connectivity index is 2.44. The number of carbonyl (C=O) groups excluding carboxylic acids is 1. The van der Waals surface area contributed by atoms with Gasteiger partial charge in [0.1, 0.15) is 0 Å². The molecule has 1 aliphatic rings. The molecular formula is C17H12ClF9O. The lowest BCUT2D eigenvalue weighted by atomic mass is 9.75. The van der Waals surface area contributed by atoms with Crippen LogP contribution in [0.3, 0.4) is 0 Å². The number of benzene rings is 1. The van der Waals surface area contributed by atoms with Crippen LogP contribution in [-0.2, 0) is 4.79 Å². The van der Waals surface area contributed by atoms with E-state index in [9.17, 15) is 44.3 Å². The first-order valence-corrected chi connectivity index (χ1v) is 8.13. The van der Waals surface area contributed by atoms with Gasteiger partial charge in [-0.05, 0) is 48.6 Å². The first kappa shape index (κ1) is 22.6. The van der Waals surface area contributed by atoms with Crippen LogP contribution in [0.2, 0.25) is 5.02 Å². The molecule has 0 N–H and O–H groups in total. The van der Waals surface area contributed by atoms with Crippen LogP contribution < -0.4 is 0 Å². The number of hydrogen-bond donors (Lipinski definition) is 0. The molecule has 156 valence electrons. The Morgan fingerprint density at radius 3 is 1.86 bits per heavy atom. The Bertz CT molecular complexity index is 794. The van der Waals surface area contributed by atoms with Gasteiger partial charge >= 0.3 is 23.9 Å². The molecule has 11 heteroatoms. The largest absolute Gasteiger partial charge is 0.460 e. The smallest absolute Gasteiger partial charge is 0.294 e. The van der Waals surface area contributed by atoms with Crippen molar-refractivity contribution in [2.45, 2.75) is 43.7 Å². The van der Waals surface area contributed by atoms with E-state index in [0.717, 1.165) is 6.92 Å². The van der Waals surface area contributed by atoms with Crippen LogP contribution in [0, 0.1) is 5.92 Å². The number of halogens is 10. The molecule has 0 fully saturated rings. The highest BCUT2D eigenvalue weighted by atomic mass is 35.5. The number of rotatable bonds is 4. The Labute approximate surface area is 158 Å². The van der Waals surface area contributed by atoms with Crippen LogP contribution in [0.1, 0.15) is 25.3 Å². The number of hydrogen-bond acceptors (Lipinski definition) is 1. The zero-order chi connectivity index (χ0) is 21.7. The second kappa shape index (κ2) is 6.96. The number of ketones is 1. The Morgan fingerprint density at radius 1 is 0.893 bits per heavy atom. The van der Waals surface area contributed by atoms with Crippen molar-refractivity contribution in [3.63, 3.8) is 0 Å². The monoisotopic (exact) mass is 438 g/mol. The van der Waals surface area contributed by atoms with Crippen molar-refractivity contribution >= 4 is 23.0 Å². The molecule has 0 saturated heterocycles. The molecular weight excluding hydrogens is 427 g/mol. The minimum Gasteiger partial charge on any atom is -0.294 e. The number of carbonyl (C=O) groups is 1. The Hall–Kier alpha value is -1.71. The summed E-state index contributed by atoms with van der Waals surface area (Å²) in [7, 11) is 0. The highest BCUT2D eigenvalue weighted by Gasteiger charge is 2.83. The van der Waals surface area contributed by atoms with Gasteiger partial charge in [0.25, 0.3) is 0 Å². The topological polar surface area (TPSA) is 17.1 Å². The van der Waals surface area contributed by atoms with Gasteiger partial charge in [-0.25, -0.2) is 0 Å². The molecule has 28 heavy (non-hydrogen) atoms. The lowest BCUT2D eigenvalue weighted by molar-refractivity contribution is -0.401. The van der Waals surface area contributed by atoms with Crippen molar-refractivity contribution in [2.75, 3.05) is 0 Å². The normalized spacial score (nSPS) is 20.0. The van der Waals surface area contributed by atoms with E-state index in [1.165, 1.54) is 24.3 Å². The van der Waals surface area contributed by atoms with E-state index in [1.807, 2.05) is 0 Å². The molecule has 0 spiro atoms. The third-order valence-electron chi connectivity index (χ3n) is 4.62. The fraction of sp³-hybridized carbons (Fsp3) is 0.471. The summed E-state index contributed by atoms with van der Waals surface area (Å²) >= 11 is 5.70. The molecule has 1 unspecified atom stereocenters. The molecule has 0 aliphatic heterocycles. The minimum absolute atomic E-state index is 0.194. The van der Waals surface area contributed by atoms with Crippen LogP contribution in [0.25, 0.3) is 5.57 Å². The van der Waals surface area contributed by atoms with Crippen LogP contribution >= 0.6 is 11.6 Å². The van der Waals surface area contributed by atoms with Gasteiger partial charge in [0.2, 0.25) is 0 Å². The number of Topliss-reactive ketones (excluding diaryl/α,β-unsaturated/α-hetero) is 1. The SMILES string of the molecule is CC1=C(c2ccc(Cl)cc2)CCC(C(F)(F)C(F)(F)C(F)(F)C(F)(F)F)C1=O. The molecule has 1 nitrogen and oxygen atoms in total. The Morgan fingerprint density at radius 2 is 1.39 bits per heavy atom. The molecule has 0 radical (unpaired) electrons. The predicted octanol–water partition coefficient (Wildman–Crippen LogP) is 6.56. The van der Waals surface area contributed by atoms with Crippen LogP contribution in [0.5, 0.6) is 0 Å². The van der Waals surface area contributed by atoms with E-state index < -0.39 is 54.1 Å². The summed E-state index contributed by atoms with van der Waals surface area (Å²) in [4.78, 5) is 12.2. The quantitative estimate of drug-likeness (QED) is 0.486. The molecule has 1 aromatic rings. The first-order valence-electron chi connectivity index (χ1n) is 7.75. The van der Waals surface area contributed by atoms with Gasteiger partial charge in [-0.2, -0.15) is 39.5 Å². The third-order valence-corrected chi connectivity index (χ3v) is 4.87. The summed E-state index contributed by atoms with van der Waals surface area (Å²) in [6, 6.07) is 5.69. The second-order valence-corrected chi connectivity index (χ2v) is 6.77. The van der Waals surface area contributed by atoms with Crippen molar-refractivity contribution < 1.29 is 44.3 Å². The van der Waals surface area contributed by atoms with Crippen molar-refractivity contribution in [1.82, 2.24) is 0 Å². The van der Waals surface area contributed by atoms with E-state index in [4.69, 9.17) is 11.6 Å². The van der Waals surface area contributed by atoms with Gasteiger partial charge in [0.15, 0.2) is 5.78 Å². The fourth-order valence-electron chi connectivity index (χ4n) is 2.98. The molecule has 0 heterocycles. The molecule has 1 atom stereocenters. The molecule has 1 aliphatic carbocycles. The standard InChI is InChI=1S/C17H12ClF9O/c1-8-11(9-2-4-10(18)5-3-9)6-7-12(13(8)28)14(19,20)15(21,22)16(23,24)17(25,26)27/h2-5,12H,6-7H2,1H3. The molecule has 0 aromatic heterocycles. The fourth-order valence-corrected chi connectivity index (χ4v) is 3.11. The maximum Gasteiger partial charge on any atom is 0.460 e. The van der Waals surface area contributed by atoms with E-state index in [0.29, 0.717) is 10.6 Å². The summed E-state index contributed by atoms with van der Waals surface area (Å²) in [6.07, 6.45) is -8.34. The van der Waals surface area contributed by atoms with Crippen molar-refractivity contribution in [1.29, 1.82) is 0 Å². The summed E-state index contributed by atoms with van der Waals surface area (Å²) in [5.41, 5.74) is 0.147. The van der Waals surface area contributed by atoms with E-state index in [2.05, 4.69) is 0 Å². The maximum atomic E-state index is 14.1. The van der Waals surface area contributed by atoms with Crippen LogP contribution in [0.15, 0.2) is 29.8 Å². The lowest BCUT2D eigenvalue weighted by Gasteiger charge is -2.38. The van der Waals surface area contributed by atoms with Crippen molar-refractivity contribution in [3.8, 4) is 0 Å². The number of alkyl halides is 9. The van der Waals surface area contributed by atoms with E-state index in [1.54, 1.807) is 0 Å².